The van der Waals surface area contributed by atoms with Gasteiger partial charge in [0.1, 0.15) is 6.04 Å². The van der Waals surface area contributed by atoms with Gasteiger partial charge in [-0.1, -0.05) is 0 Å². The van der Waals surface area contributed by atoms with Crippen molar-refractivity contribution in [3.05, 3.63) is 0 Å². The summed E-state index contributed by atoms with van der Waals surface area (Å²) in [4.78, 5) is 22.2. The van der Waals surface area contributed by atoms with Crippen molar-refractivity contribution in [1.82, 2.24) is 5.32 Å². The first kappa shape index (κ1) is 13.9. The number of hydrogen-bond acceptors (Lipinski definition) is 6. The van der Waals surface area contributed by atoms with Crippen LogP contribution >= 0.6 is 0 Å². The van der Waals surface area contributed by atoms with E-state index in [0.717, 1.165) is 0 Å². The molecule has 3 N–H and O–H groups in total. The molecule has 0 amide bonds. The lowest BCUT2D eigenvalue weighted by atomic mass is 10.2. The molecule has 0 rings (SSSR count). The van der Waals surface area contributed by atoms with Crippen LogP contribution in [0, 0.1) is 0 Å². The van der Waals surface area contributed by atoms with Crippen LogP contribution in [0.2, 0.25) is 0 Å². The Balaban J connectivity index is 4.18. The lowest BCUT2D eigenvalue weighted by Crippen LogP contribution is -2.44. The van der Waals surface area contributed by atoms with E-state index in [9.17, 15) is 9.59 Å². The number of methoxy groups -OCH3 is 2. The Kier molecular flexibility index (Phi) is 6.64. The molecule has 15 heavy (non-hydrogen) atoms. The highest BCUT2D eigenvalue weighted by Gasteiger charge is 2.22. The largest absolute Gasteiger partial charge is 0.469 e. The molecule has 6 heteroatoms. The Morgan fingerprint density at radius 2 is 1.93 bits per heavy atom. The second-order valence-electron chi connectivity index (χ2n) is 3.24. The molecule has 0 aromatic heterocycles. The normalized spacial score (nSPS) is 14.1. The van der Waals surface area contributed by atoms with Gasteiger partial charge in [0.05, 0.1) is 20.6 Å². The highest BCUT2D eigenvalue weighted by molar-refractivity contribution is 5.82. The Hall–Kier alpha value is -1.14. The van der Waals surface area contributed by atoms with E-state index in [4.69, 9.17) is 5.73 Å². The third-order valence-electron chi connectivity index (χ3n) is 1.77. The number of esters is 2. The first-order valence-corrected chi connectivity index (χ1v) is 4.64. The molecule has 0 saturated carbocycles. The number of rotatable bonds is 6. The van der Waals surface area contributed by atoms with Gasteiger partial charge in [-0.25, -0.2) is 0 Å². The number of ether oxygens (including phenoxy) is 2. The van der Waals surface area contributed by atoms with Gasteiger partial charge in [0.15, 0.2) is 0 Å². The van der Waals surface area contributed by atoms with E-state index in [2.05, 4.69) is 14.8 Å². The van der Waals surface area contributed by atoms with Gasteiger partial charge in [-0.05, 0) is 6.92 Å². The highest BCUT2D eigenvalue weighted by atomic mass is 16.5. The summed E-state index contributed by atoms with van der Waals surface area (Å²) >= 11 is 0. The number of carbonyl (C=O) groups excluding carboxylic acids is 2. The summed E-state index contributed by atoms with van der Waals surface area (Å²) in [5.41, 5.74) is 5.51. The van der Waals surface area contributed by atoms with Crippen molar-refractivity contribution in [3.8, 4) is 0 Å². The molecule has 0 fully saturated rings. The third kappa shape index (κ3) is 6.03. The maximum absolute atomic E-state index is 11.2. The van der Waals surface area contributed by atoms with E-state index < -0.39 is 18.0 Å². The molecule has 0 aromatic rings. The molecule has 0 aliphatic rings. The molecule has 0 heterocycles. The Labute approximate surface area is 89.1 Å². The second-order valence-corrected chi connectivity index (χ2v) is 3.24. The zero-order valence-electron chi connectivity index (χ0n) is 9.28. The number of hydrogen-bond donors (Lipinski definition) is 2. The molecule has 0 unspecified atom stereocenters. The molecule has 0 bridgehead atoms. The molecule has 0 aliphatic heterocycles. The predicted molar refractivity (Wildman–Crippen MR) is 54.1 cm³/mol. The smallest absolute Gasteiger partial charge is 0.323 e. The van der Waals surface area contributed by atoms with Crippen LogP contribution in [0.1, 0.15) is 13.3 Å². The summed E-state index contributed by atoms with van der Waals surface area (Å²) in [6.45, 7) is 2.22. The lowest BCUT2D eigenvalue weighted by molar-refractivity contribution is -0.149. The Morgan fingerprint density at radius 1 is 1.33 bits per heavy atom. The fourth-order valence-corrected chi connectivity index (χ4v) is 0.959. The molecule has 0 spiro atoms. The van der Waals surface area contributed by atoms with E-state index >= 15 is 0 Å². The van der Waals surface area contributed by atoms with Gasteiger partial charge in [-0.15, -0.1) is 0 Å². The fourth-order valence-electron chi connectivity index (χ4n) is 0.959. The van der Waals surface area contributed by atoms with E-state index in [0.29, 0.717) is 6.54 Å². The summed E-state index contributed by atoms with van der Waals surface area (Å²) in [6.07, 6.45) is -0.0596. The molecular weight excluding hydrogens is 200 g/mol. The van der Waals surface area contributed by atoms with Crippen LogP contribution < -0.4 is 11.1 Å². The van der Waals surface area contributed by atoms with Crippen LogP contribution in [-0.4, -0.2) is 44.8 Å². The average molecular weight is 218 g/mol. The highest BCUT2D eigenvalue weighted by Crippen LogP contribution is 1.97. The number of nitrogens with two attached hydrogens (primary N) is 1. The monoisotopic (exact) mass is 218 g/mol. The minimum Gasteiger partial charge on any atom is -0.469 e. The SMILES string of the molecule is COC(=O)C[C@H](NC[C@H](C)N)C(=O)OC. The van der Waals surface area contributed by atoms with Crippen molar-refractivity contribution in [2.75, 3.05) is 20.8 Å². The van der Waals surface area contributed by atoms with Crippen molar-refractivity contribution in [3.63, 3.8) is 0 Å². The van der Waals surface area contributed by atoms with E-state index in [1.165, 1.54) is 14.2 Å². The van der Waals surface area contributed by atoms with Crippen molar-refractivity contribution in [2.24, 2.45) is 5.73 Å². The zero-order valence-corrected chi connectivity index (χ0v) is 9.28. The summed E-state index contributed by atoms with van der Waals surface area (Å²) in [5, 5.41) is 2.83. The van der Waals surface area contributed by atoms with Gasteiger partial charge in [0.2, 0.25) is 0 Å². The van der Waals surface area contributed by atoms with Gasteiger partial charge in [-0.2, -0.15) is 0 Å². The molecule has 0 saturated heterocycles. The third-order valence-corrected chi connectivity index (χ3v) is 1.77. The standard InChI is InChI=1S/C9H18N2O4/c1-6(10)5-11-7(9(13)15-3)4-8(12)14-2/h6-7,11H,4-5,10H2,1-3H3/t6-,7-/m0/s1. The predicted octanol–water partition coefficient (Wildman–Crippen LogP) is -0.972. The fraction of sp³-hybridized carbons (Fsp3) is 0.778. The topological polar surface area (TPSA) is 90.6 Å². The van der Waals surface area contributed by atoms with Gasteiger partial charge in [0.25, 0.3) is 0 Å². The van der Waals surface area contributed by atoms with Crippen LogP contribution in [0.4, 0.5) is 0 Å². The molecule has 0 aromatic carbocycles. The van der Waals surface area contributed by atoms with Crippen molar-refractivity contribution < 1.29 is 19.1 Å². The summed E-state index contributed by atoms with van der Waals surface area (Å²) in [6, 6.07) is -0.803. The molecule has 0 radical (unpaired) electrons. The van der Waals surface area contributed by atoms with Crippen molar-refractivity contribution in [2.45, 2.75) is 25.4 Å². The van der Waals surface area contributed by atoms with Gasteiger partial charge < -0.3 is 20.5 Å². The summed E-state index contributed by atoms with van der Waals surface area (Å²) in [5.74, 6) is -0.969. The summed E-state index contributed by atoms with van der Waals surface area (Å²) in [7, 11) is 2.53. The molecular formula is C9H18N2O4. The number of carbonyl (C=O) groups is 2. The Bertz CT molecular complexity index is 218. The van der Waals surface area contributed by atoms with Gasteiger partial charge >= 0.3 is 11.9 Å². The molecule has 6 nitrogen and oxygen atoms in total. The van der Waals surface area contributed by atoms with Crippen LogP contribution in [0.15, 0.2) is 0 Å². The minimum absolute atomic E-state index is 0.0596. The van der Waals surface area contributed by atoms with E-state index in [1.807, 2.05) is 0 Å². The first-order valence-electron chi connectivity index (χ1n) is 4.64. The lowest BCUT2D eigenvalue weighted by Gasteiger charge is -2.16. The Morgan fingerprint density at radius 3 is 2.33 bits per heavy atom. The molecule has 0 aliphatic carbocycles. The summed E-state index contributed by atoms with van der Waals surface area (Å²) < 4.78 is 9.00. The quantitative estimate of drug-likeness (QED) is 0.557. The number of nitrogens with one attached hydrogen (secondary N) is 1. The zero-order chi connectivity index (χ0) is 11.8. The van der Waals surface area contributed by atoms with E-state index in [1.54, 1.807) is 6.92 Å². The minimum atomic E-state index is -0.701. The van der Waals surface area contributed by atoms with Gasteiger partial charge in [0, 0.05) is 12.6 Å². The molecule has 88 valence electrons. The second kappa shape index (κ2) is 7.19. The average Bonchev–Trinajstić information content (AvgIpc) is 2.22. The van der Waals surface area contributed by atoms with Crippen LogP contribution in [0.3, 0.4) is 0 Å². The van der Waals surface area contributed by atoms with Crippen LogP contribution in [0.25, 0.3) is 0 Å². The maximum atomic E-state index is 11.2. The molecule has 2 atom stereocenters. The van der Waals surface area contributed by atoms with Crippen LogP contribution in [-0.2, 0) is 19.1 Å². The van der Waals surface area contributed by atoms with E-state index in [-0.39, 0.29) is 12.5 Å². The van der Waals surface area contributed by atoms with Crippen molar-refractivity contribution >= 4 is 11.9 Å². The maximum Gasteiger partial charge on any atom is 0.323 e. The van der Waals surface area contributed by atoms with Crippen LogP contribution in [0.5, 0.6) is 0 Å². The van der Waals surface area contributed by atoms with Crippen molar-refractivity contribution in [1.29, 1.82) is 0 Å². The van der Waals surface area contributed by atoms with Gasteiger partial charge in [-0.3, -0.25) is 9.59 Å². The first-order chi connectivity index (χ1) is 7.01.